The third-order valence-electron chi connectivity index (χ3n) is 4.78. The van der Waals surface area contributed by atoms with Gasteiger partial charge in [0.15, 0.2) is 5.96 Å². The van der Waals surface area contributed by atoms with Gasteiger partial charge in [-0.1, -0.05) is 29.3 Å². The van der Waals surface area contributed by atoms with Crippen LogP contribution in [-0.4, -0.2) is 43.4 Å². The lowest BCUT2D eigenvalue weighted by Gasteiger charge is -2.29. The second-order valence-corrected chi connectivity index (χ2v) is 7.53. The van der Waals surface area contributed by atoms with Crippen molar-refractivity contribution in [3.63, 3.8) is 0 Å². The number of aliphatic imine (C=N–C) groups is 1. The minimum absolute atomic E-state index is 0. The fourth-order valence-electron chi connectivity index (χ4n) is 3.15. The third-order valence-corrected chi connectivity index (χ3v) is 5.62. The van der Waals surface area contributed by atoms with Crippen molar-refractivity contribution < 1.29 is 9.13 Å². The minimum atomic E-state index is -0.231. The zero-order chi connectivity index (χ0) is 20.8. The van der Waals surface area contributed by atoms with Gasteiger partial charge in [-0.2, -0.15) is 0 Å². The molecule has 0 bridgehead atoms. The number of guanidine groups is 1. The Balaban J connectivity index is 0.00000320. The Morgan fingerprint density at radius 1 is 1.20 bits per heavy atom. The monoisotopic (exact) mass is 569 g/mol. The van der Waals surface area contributed by atoms with Gasteiger partial charge in [0.1, 0.15) is 11.0 Å². The van der Waals surface area contributed by atoms with Crippen molar-refractivity contribution in [3.05, 3.63) is 51.5 Å². The highest BCUT2D eigenvalue weighted by Crippen LogP contribution is 2.25. The second kappa shape index (κ2) is 12.0. The van der Waals surface area contributed by atoms with E-state index in [0.29, 0.717) is 67.8 Å². The van der Waals surface area contributed by atoms with Gasteiger partial charge in [-0.25, -0.2) is 9.38 Å². The van der Waals surface area contributed by atoms with E-state index in [0.717, 1.165) is 11.3 Å². The first-order valence-electron chi connectivity index (χ1n) is 9.62. The fraction of sp³-hybridized carbons (Fsp3) is 0.450. The fourth-order valence-corrected chi connectivity index (χ4v) is 3.57. The lowest BCUT2D eigenvalue weighted by Crippen LogP contribution is -2.37. The van der Waals surface area contributed by atoms with Crippen LogP contribution in [0.15, 0.2) is 29.3 Å². The van der Waals surface area contributed by atoms with Gasteiger partial charge in [-0.15, -0.1) is 24.0 Å². The molecule has 1 aliphatic heterocycles. The summed E-state index contributed by atoms with van der Waals surface area (Å²) in [6.45, 7) is 6.24. The van der Waals surface area contributed by atoms with Gasteiger partial charge in [0.05, 0.1) is 37.0 Å². The number of rotatable bonds is 6. The molecule has 3 rings (SSSR count). The Morgan fingerprint density at radius 2 is 1.93 bits per heavy atom. The highest BCUT2D eigenvalue weighted by Gasteiger charge is 2.15. The van der Waals surface area contributed by atoms with E-state index in [4.69, 9.17) is 27.9 Å². The topological polar surface area (TPSA) is 53.8 Å². The van der Waals surface area contributed by atoms with Crippen LogP contribution in [0.4, 0.5) is 10.1 Å². The van der Waals surface area contributed by atoms with E-state index in [2.05, 4.69) is 15.6 Å². The molecule has 0 aliphatic carbocycles. The summed E-state index contributed by atoms with van der Waals surface area (Å²) >= 11 is 12.2. The number of nitrogens with zero attached hydrogens (tertiary/aromatic N) is 3. The summed E-state index contributed by atoms with van der Waals surface area (Å²) in [6, 6.07) is 7.10. The molecule has 1 fully saturated rings. The number of halogens is 4. The summed E-state index contributed by atoms with van der Waals surface area (Å²) in [7, 11) is 1.86. The lowest BCUT2D eigenvalue weighted by atomic mass is 10.1. The molecule has 1 aliphatic rings. The molecule has 0 saturated carbocycles. The molecule has 0 spiro atoms. The molecule has 2 N–H and O–H groups in total. The summed E-state index contributed by atoms with van der Waals surface area (Å²) in [6.07, 6.45) is 0. The van der Waals surface area contributed by atoms with E-state index in [1.807, 2.05) is 41.6 Å². The van der Waals surface area contributed by atoms with Gasteiger partial charge in [-0.05, 0) is 30.7 Å². The average Bonchev–Trinajstić information content (AvgIpc) is 2.97. The number of aromatic nitrogens is 1. The number of ether oxygens (including phenoxy) is 1. The average molecular weight is 570 g/mol. The molecule has 1 aromatic heterocycles. The van der Waals surface area contributed by atoms with E-state index in [-0.39, 0.29) is 29.8 Å². The van der Waals surface area contributed by atoms with Crippen molar-refractivity contribution in [1.82, 2.24) is 15.2 Å². The molecular weight excluding hydrogens is 543 g/mol. The summed E-state index contributed by atoms with van der Waals surface area (Å²) < 4.78 is 21.7. The number of nitrogens with one attached hydrogen (secondary N) is 2. The third kappa shape index (κ3) is 6.38. The number of hydrogen-bond donors (Lipinski definition) is 2. The van der Waals surface area contributed by atoms with Gasteiger partial charge in [0.2, 0.25) is 0 Å². The maximum atomic E-state index is 14.6. The number of benzene rings is 1. The van der Waals surface area contributed by atoms with Crippen LogP contribution in [0.25, 0.3) is 0 Å². The van der Waals surface area contributed by atoms with Crippen LogP contribution >= 0.6 is 47.2 Å². The van der Waals surface area contributed by atoms with Crippen molar-refractivity contribution >= 4 is 58.8 Å². The van der Waals surface area contributed by atoms with Gasteiger partial charge in [-0.3, -0.25) is 0 Å². The van der Waals surface area contributed by atoms with Crippen LogP contribution in [0, 0.1) is 5.82 Å². The van der Waals surface area contributed by atoms with E-state index >= 15 is 0 Å². The van der Waals surface area contributed by atoms with Gasteiger partial charge >= 0.3 is 0 Å². The summed E-state index contributed by atoms with van der Waals surface area (Å²) in [5.74, 6) is 0.407. The lowest BCUT2D eigenvalue weighted by molar-refractivity contribution is 0.122. The Kier molecular flexibility index (Phi) is 9.99. The predicted octanol–water partition coefficient (Wildman–Crippen LogP) is 4.18. The first-order chi connectivity index (χ1) is 14.0. The van der Waals surface area contributed by atoms with Crippen molar-refractivity contribution in [2.24, 2.45) is 12.0 Å². The largest absolute Gasteiger partial charge is 0.378 e. The maximum absolute atomic E-state index is 14.6. The van der Waals surface area contributed by atoms with Crippen molar-refractivity contribution in [3.8, 4) is 0 Å². The maximum Gasteiger partial charge on any atom is 0.191 e. The van der Waals surface area contributed by atoms with Crippen LogP contribution in [0.1, 0.15) is 18.2 Å². The molecule has 30 heavy (non-hydrogen) atoms. The standard InChI is InChI=1S/C20H26Cl2FN5O.HI/c1-3-24-20(26-13-15-11-16(21)19(22)27(15)2)25-12-14-4-5-18(17(23)10-14)28-6-8-29-9-7-28;/h4-5,10-11H,3,6-9,12-13H2,1-2H3,(H2,24,25,26);1H. The Bertz CT molecular complexity index is 871. The van der Waals surface area contributed by atoms with Crippen molar-refractivity contribution in [2.45, 2.75) is 20.0 Å². The molecule has 0 unspecified atom stereocenters. The number of anilines is 1. The van der Waals surface area contributed by atoms with E-state index < -0.39 is 0 Å². The number of hydrogen-bond acceptors (Lipinski definition) is 3. The molecule has 1 aromatic carbocycles. The van der Waals surface area contributed by atoms with Crippen LogP contribution < -0.4 is 15.5 Å². The molecule has 1 saturated heterocycles. The zero-order valence-electron chi connectivity index (χ0n) is 17.1. The molecule has 2 aromatic rings. The molecule has 0 atom stereocenters. The van der Waals surface area contributed by atoms with E-state index in [1.165, 1.54) is 0 Å². The highest BCUT2D eigenvalue weighted by molar-refractivity contribution is 14.0. The quantitative estimate of drug-likeness (QED) is 0.311. The molecule has 6 nitrogen and oxygen atoms in total. The van der Waals surface area contributed by atoms with Crippen LogP contribution in [0.2, 0.25) is 10.2 Å². The Morgan fingerprint density at radius 3 is 2.53 bits per heavy atom. The second-order valence-electron chi connectivity index (χ2n) is 6.77. The summed E-state index contributed by atoms with van der Waals surface area (Å²) in [5, 5.41) is 7.46. The molecular formula is C20H27Cl2FIN5O. The van der Waals surface area contributed by atoms with Gasteiger partial charge in [0.25, 0.3) is 0 Å². The Hall–Kier alpha value is -1.23. The summed E-state index contributed by atoms with van der Waals surface area (Å²) in [5.41, 5.74) is 2.36. The first-order valence-corrected chi connectivity index (χ1v) is 10.4. The SMILES string of the molecule is CCNC(=NCc1ccc(N2CCOCC2)c(F)c1)NCc1cc(Cl)c(Cl)n1C.I. The van der Waals surface area contributed by atoms with Crippen LogP contribution in [0.5, 0.6) is 0 Å². The van der Waals surface area contributed by atoms with Crippen molar-refractivity contribution in [1.29, 1.82) is 0 Å². The van der Waals surface area contributed by atoms with E-state index in [9.17, 15) is 4.39 Å². The Labute approximate surface area is 203 Å². The molecule has 2 heterocycles. The molecule has 166 valence electrons. The summed E-state index contributed by atoms with van der Waals surface area (Å²) in [4.78, 5) is 6.57. The smallest absolute Gasteiger partial charge is 0.191 e. The van der Waals surface area contributed by atoms with Gasteiger partial charge < -0.3 is 24.8 Å². The highest BCUT2D eigenvalue weighted by atomic mass is 127. The zero-order valence-corrected chi connectivity index (χ0v) is 20.9. The molecule has 0 amide bonds. The van der Waals surface area contributed by atoms with E-state index in [1.54, 1.807) is 6.07 Å². The molecule has 10 heteroatoms. The number of morpholine rings is 1. The molecule has 0 radical (unpaired) electrons. The van der Waals surface area contributed by atoms with Crippen LogP contribution in [-0.2, 0) is 24.9 Å². The van der Waals surface area contributed by atoms with Crippen LogP contribution in [0.3, 0.4) is 0 Å². The normalized spacial score (nSPS) is 14.4. The predicted molar refractivity (Wildman–Crippen MR) is 132 cm³/mol. The minimum Gasteiger partial charge on any atom is -0.378 e. The first kappa shape index (κ1) is 25.0. The van der Waals surface area contributed by atoms with Gasteiger partial charge in [0, 0.05) is 32.4 Å². The van der Waals surface area contributed by atoms with Crippen molar-refractivity contribution in [2.75, 3.05) is 37.7 Å².